The lowest BCUT2D eigenvalue weighted by Crippen LogP contribution is -2.18. The van der Waals surface area contributed by atoms with Crippen molar-refractivity contribution in [2.45, 2.75) is 12.2 Å². The van der Waals surface area contributed by atoms with E-state index in [1.165, 1.54) is 36.4 Å². The van der Waals surface area contributed by atoms with Crippen LogP contribution in [0.4, 0.5) is 17.6 Å². The number of nitrogens with two attached hydrogens (primary N) is 1. The Morgan fingerprint density at radius 3 is 2.26 bits per heavy atom. The van der Waals surface area contributed by atoms with Gasteiger partial charge in [0.2, 0.25) is 0 Å². The van der Waals surface area contributed by atoms with Gasteiger partial charge in [0.1, 0.15) is 5.82 Å². The van der Waals surface area contributed by atoms with Gasteiger partial charge in [-0.3, -0.25) is 0 Å². The molecule has 0 radical (unpaired) electrons. The highest BCUT2D eigenvalue weighted by atomic mass is 19.4. The standard InChI is InChI=1S/C14H11F4N/c15-10-5-3-4-9(8-10)13(19)11-6-1-2-7-12(11)14(16,17)18/h1-8,13H,19H2. The lowest BCUT2D eigenvalue weighted by molar-refractivity contribution is -0.138. The average molecular weight is 269 g/mol. The maximum Gasteiger partial charge on any atom is 0.416 e. The molecule has 0 fully saturated rings. The van der Waals surface area contributed by atoms with Crippen molar-refractivity contribution in [1.29, 1.82) is 0 Å². The van der Waals surface area contributed by atoms with Crippen LogP contribution < -0.4 is 5.73 Å². The van der Waals surface area contributed by atoms with Crippen LogP contribution in [0.3, 0.4) is 0 Å². The molecule has 0 aliphatic carbocycles. The van der Waals surface area contributed by atoms with E-state index >= 15 is 0 Å². The van der Waals surface area contributed by atoms with Crippen molar-refractivity contribution in [2.24, 2.45) is 5.73 Å². The fraction of sp³-hybridized carbons (Fsp3) is 0.143. The summed E-state index contributed by atoms with van der Waals surface area (Å²) in [5.74, 6) is -0.530. The zero-order chi connectivity index (χ0) is 14.0. The lowest BCUT2D eigenvalue weighted by Gasteiger charge is -2.18. The first-order valence-corrected chi connectivity index (χ1v) is 5.57. The summed E-state index contributed by atoms with van der Waals surface area (Å²) in [6, 6.07) is 9.29. The molecule has 0 amide bonds. The van der Waals surface area contributed by atoms with Crippen molar-refractivity contribution in [1.82, 2.24) is 0 Å². The number of hydrogen-bond acceptors (Lipinski definition) is 1. The zero-order valence-corrected chi connectivity index (χ0v) is 9.79. The zero-order valence-electron chi connectivity index (χ0n) is 9.79. The van der Waals surface area contributed by atoms with Crippen LogP contribution in [-0.4, -0.2) is 0 Å². The Kier molecular flexibility index (Phi) is 3.57. The second-order valence-corrected chi connectivity index (χ2v) is 4.12. The van der Waals surface area contributed by atoms with Crippen molar-refractivity contribution in [3.05, 3.63) is 71.0 Å². The van der Waals surface area contributed by atoms with Crippen molar-refractivity contribution >= 4 is 0 Å². The van der Waals surface area contributed by atoms with Crippen molar-refractivity contribution in [3.63, 3.8) is 0 Å². The summed E-state index contributed by atoms with van der Waals surface area (Å²) in [7, 11) is 0. The highest BCUT2D eigenvalue weighted by molar-refractivity contribution is 5.38. The molecule has 0 bridgehead atoms. The summed E-state index contributed by atoms with van der Waals surface area (Å²) in [5, 5.41) is 0. The molecule has 0 saturated heterocycles. The Morgan fingerprint density at radius 2 is 1.63 bits per heavy atom. The summed E-state index contributed by atoms with van der Waals surface area (Å²) >= 11 is 0. The molecular weight excluding hydrogens is 258 g/mol. The number of benzene rings is 2. The van der Waals surface area contributed by atoms with Gasteiger partial charge in [-0.15, -0.1) is 0 Å². The molecule has 1 atom stereocenters. The summed E-state index contributed by atoms with van der Waals surface area (Å²) in [6.07, 6.45) is -4.48. The van der Waals surface area contributed by atoms with E-state index in [2.05, 4.69) is 0 Å². The van der Waals surface area contributed by atoms with Gasteiger partial charge in [-0.25, -0.2) is 4.39 Å². The van der Waals surface area contributed by atoms with Gasteiger partial charge in [0.25, 0.3) is 0 Å². The molecule has 2 N–H and O–H groups in total. The number of hydrogen-bond donors (Lipinski definition) is 1. The fourth-order valence-electron chi connectivity index (χ4n) is 1.91. The highest BCUT2D eigenvalue weighted by Crippen LogP contribution is 2.35. The predicted molar refractivity (Wildman–Crippen MR) is 63.9 cm³/mol. The molecule has 19 heavy (non-hydrogen) atoms. The maximum atomic E-state index is 13.1. The van der Waals surface area contributed by atoms with Crippen molar-refractivity contribution in [3.8, 4) is 0 Å². The largest absolute Gasteiger partial charge is 0.416 e. The van der Waals surface area contributed by atoms with E-state index in [0.717, 1.165) is 12.1 Å². The first-order chi connectivity index (χ1) is 8.89. The molecule has 2 aromatic carbocycles. The van der Waals surface area contributed by atoms with Gasteiger partial charge >= 0.3 is 6.18 Å². The summed E-state index contributed by atoms with van der Waals surface area (Å²) in [6.45, 7) is 0. The van der Waals surface area contributed by atoms with Gasteiger partial charge in [0.15, 0.2) is 0 Å². The van der Waals surface area contributed by atoms with Crippen LogP contribution in [0, 0.1) is 5.82 Å². The van der Waals surface area contributed by atoms with E-state index in [0.29, 0.717) is 5.56 Å². The molecule has 1 unspecified atom stereocenters. The summed E-state index contributed by atoms with van der Waals surface area (Å²) < 4.78 is 51.7. The third-order valence-corrected chi connectivity index (χ3v) is 2.81. The molecule has 2 aromatic rings. The first kappa shape index (κ1) is 13.5. The number of halogens is 4. The van der Waals surface area contributed by atoms with E-state index in [1.54, 1.807) is 0 Å². The van der Waals surface area contributed by atoms with Crippen molar-refractivity contribution < 1.29 is 17.6 Å². The predicted octanol–water partition coefficient (Wildman–Crippen LogP) is 3.89. The van der Waals surface area contributed by atoms with E-state index in [4.69, 9.17) is 5.73 Å². The number of rotatable bonds is 2. The van der Waals surface area contributed by atoms with Crippen LogP contribution in [0.25, 0.3) is 0 Å². The molecule has 100 valence electrons. The quantitative estimate of drug-likeness (QED) is 0.822. The summed E-state index contributed by atoms with van der Waals surface area (Å²) in [4.78, 5) is 0. The van der Waals surface area contributed by atoms with Gasteiger partial charge in [-0.1, -0.05) is 30.3 Å². The third-order valence-electron chi connectivity index (χ3n) is 2.81. The molecule has 0 aliphatic rings. The molecule has 0 aromatic heterocycles. The Balaban J connectivity index is 2.48. The molecule has 0 saturated carbocycles. The van der Waals surface area contributed by atoms with E-state index in [9.17, 15) is 17.6 Å². The van der Waals surface area contributed by atoms with Gasteiger partial charge in [-0.05, 0) is 29.3 Å². The van der Waals surface area contributed by atoms with E-state index in [1.807, 2.05) is 0 Å². The van der Waals surface area contributed by atoms with Crippen LogP contribution in [0.1, 0.15) is 22.7 Å². The Bertz CT molecular complexity index is 578. The van der Waals surface area contributed by atoms with E-state index in [-0.39, 0.29) is 5.56 Å². The minimum Gasteiger partial charge on any atom is -0.320 e. The normalized spacial score (nSPS) is 13.3. The SMILES string of the molecule is NC(c1cccc(F)c1)c1ccccc1C(F)(F)F. The molecule has 5 heteroatoms. The van der Waals surface area contributed by atoms with Crippen LogP contribution in [0.15, 0.2) is 48.5 Å². The van der Waals surface area contributed by atoms with Gasteiger partial charge in [-0.2, -0.15) is 13.2 Å². The monoisotopic (exact) mass is 269 g/mol. The molecule has 0 heterocycles. The first-order valence-electron chi connectivity index (χ1n) is 5.57. The van der Waals surface area contributed by atoms with Gasteiger partial charge in [0.05, 0.1) is 11.6 Å². The smallest absolute Gasteiger partial charge is 0.320 e. The Labute approximate surface area is 107 Å². The second-order valence-electron chi connectivity index (χ2n) is 4.12. The minimum absolute atomic E-state index is 0.0689. The van der Waals surface area contributed by atoms with Crippen LogP contribution >= 0.6 is 0 Å². The summed E-state index contributed by atoms with van der Waals surface area (Å²) in [5.41, 5.74) is 5.25. The van der Waals surface area contributed by atoms with Crippen LogP contribution in [-0.2, 0) is 6.18 Å². The average Bonchev–Trinajstić information content (AvgIpc) is 2.37. The second kappa shape index (κ2) is 5.01. The van der Waals surface area contributed by atoms with Crippen LogP contribution in [0.2, 0.25) is 0 Å². The van der Waals surface area contributed by atoms with Crippen molar-refractivity contribution in [2.75, 3.05) is 0 Å². The minimum atomic E-state index is -4.48. The molecule has 2 rings (SSSR count). The van der Waals surface area contributed by atoms with Gasteiger partial charge < -0.3 is 5.73 Å². The Morgan fingerprint density at radius 1 is 0.947 bits per heavy atom. The molecule has 0 aliphatic heterocycles. The third kappa shape index (κ3) is 2.93. The number of alkyl halides is 3. The topological polar surface area (TPSA) is 26.0 Å². The highest BCUT2D eigenvalue weighted by Gasteiger charge is 2.34. The van der Waals surface area contributed by atoms with Gasteiger partial charge in [0, 0.05) is 0 Å². The van der Waals surface area contributed by atoms with Crippen LogP contribution in [0.5, 0.6) is 0 Å². The lowest BCUT2D eigenvalue weighted by atomic mass is 9.95. The Hall–Kier alpha value is -1.88. The molecule has 0 spiro atoms. The fourth-order valence-corrected chi connectivity index (χ4v) is 1.91. The van der Waals surface area contributed by atoms with E-state index < -0.39 is 23.6 Å². The maximum absolute atomic E-state index is 13.1. The molecule has 1 nitrogen and oxygen atoms in total. The molecular formula is C14H11F4N.